The number of halogens is 1. The van der Waals surface area contributed by atoms with Gasteiger partial charge in [0.1, 0.15) is 22.8 Å². The Morgan fingerprint density at radius 1 is 1.18 bits per heavy atom. The summed E-state index contributed by atoms with van der Waals surface area (Å²) in [6.45, 7) is 0.756. The predicted octanol–water partition coefficient (Wildman–Crippen LogP) is 3.97. The second kappa shape index (κ2) is 5.38. The topological polar surface area (TPSA) is 53.6 Å². The van der Waals surface area contributed by atoms with Crippen molar-refractivity contribution in [3.63, 3.8) is 0 Å². The van der Waals surface area contributed by atoms with Gasteiger partial charge in [0.25, 0.3) is 0 Å². The molecule has 0 aliphatic carbocycles. The Hall–Kier alpha value is -2.47. The van der Waals surface area contributed by atoms with Crippen LogP contribution in [0, 0.1) is 5.82 Å². The van der Waals surface area contributed by atoms with Crippen LogP contribution >= 0.6 is 11.3 Å². The highest BCUT2D eigenvalue weighted by Crippen LogP contribution is 2.24. The molecule has 0 atom stereocenters. The molecule has 0 saturated heterocycles. The van der Waals surface area contributed by atoms with Crippen LogP contribution in [0.15, 0.2) is 42.2 Å². The fraction of sp³-hybridized carbons (Fsp3) is 0.125. The van der Waals surface area contributed by atoms with Gasteiger partial charge in [-0.15, -0.1) is 11.3 Å². The molecule has 22 heavy (non-hydrogen) atoms. The third kappa shape index (κ3) is 2.31. The number of nitrogens with one attached hydrogen (secondary N) is 2. The lowest BCUT2D eigenvalue weighted by Gasteiger charge is -2.06. The fourth-order valence-electron chi connectivity index (χ4n) is 2.61. The molecular weight excluding hydrogens is 299 g/mol. The molecule has 0 aliphatic rings. The van der Waals surface area contributed by atoms with Crippen LogP contribution in [0.1, 0.15) is 5.56 Å². The normalized spacial score (nSPS) is 11.3. The third-order valence-corrected chi connectivity index (χ3v) is 4.50. The molecule has 4 nitrogen and oxygen atoms in total. The van der Waals surface area contributed by atoms with Gasteiger partial charge in [0.15, 0.2) is 0 Å². The predicted molar refractivity (Wildman–Crippen MR) is 87.9 cm³/mol. The largest absolute Gasteiger partial charge is 0.369 e. The maximum Gasteiger partial charge on any atom is 0.138 e. The molecule has 2 N–H and O–H groups in total. The number of hydrogen-bond donors (Lipinski definition) is 2. The number of H-pyrrole nitrogens is 1. The molecular formula is C16H13FN4S. The van der Waals surface area contributed by atoms with Crippen LogP contribution in [-0.2, 0) is 6.42 Å². The highest BCUT2D eigenvalue weighted by Gasteiger charge is 2.06. The van der Waals surface area contributed by atoms with E-state index < -0.39 is 0 Å². The van der Waals surface area contributed by atoms with E-state index in [-0.39, 0.29) is 5.82 Å². The average molecular weight is 312 g/mol. The van der Waals surface area contributed by atoms with Crippen molar-refractivity contribution in [2.45, 2.75) is 6.42 Å². The first-order chi connectivity index (χ1) is 10.8. The number of aromatic amines is 1. The third-order valence-electron chi connectivity index (χ3n) is 3.68. The van der Waals surface area contributed by atoms with Gasteiger partial charge in [-0.05, 0) is 41.6 Å². The summed E-state index contributed by atoms with van der Waals surface area (Å²) in [5.41, 5.74) is 2.00. The molecule has 0 unspecified atom stereocenters. The first-order valence-corrected chi connectivity index (χ1v) is 7.87. The number of hydrogen-bond acceptors (Lipinski definition) is 4. The van der Waals surface area contributed by atoms with Crippen molar-refractivity contribution in [2.75, 3.05) is 11.9 Å². The van der Waals surface area contributed by atoms with Gasteiger partial charge in [-0.2, -0.15) is 0 Å². The lowest BCUT2D eigenvalue weighted by atomic mass is 10.1. The van der Waals surface area contributed by atoms with Gasteiger partial charge in [0, 0.05) is 23.6 Å². The maximum absolute atomic E-state index is 13.2. The van der Waals surface area contributed by atoms with Crippen molar-refractivity contribution in [3.8, 4) is 0 Å². The number of aromatic nitrogens is 3. The molecule has 4 aromatic rings. The molecule has 0 bridgehead atoms. The highest BCUT2D eigenvalue weighted by molar-refractivity contribution is 7.16. The van der Waals surface area contributed by atoms with Crippen molar-refractivity contribution < 1.29 is 4.39 Å². The smallest absolute Gasteiger partial charge is 0.138 e. The first kappa shape index (κ1) is 13.2. The average Bonchev–Trinajstić information content (AvgIpc) is 3.14. The van der Waals surface area contributed by atoms with Crippen LogP contribution in [0.4, 0.5) is 10.2 Å². The van der Waals surface area contributed by atoms with Gasteiger partial charge in [-0.1, -0.05) is 0 Å². The van der Waals surface area contributed by atoms with Gasteiger partial charge in [-0.3, -0.25) is 0 Å². The van der Waals surface area contributed by atoms with Crippen molar-refractivity contribution in [1.29, 1.82) is 0 Å². The quantitative estimate of drug-likeness (QED) is 0.599. The second-order valence-electron chi connectivity index (χ2n) is 5.04. The Morgan fingerprint density at radius 3 is 3.09 bits per heavy atom. The van der Waals surface area contributed by atoms with Crippen molar-refractivity contribution in [2.24, 2.45) is 0 Å². The van der Waals surface area contributed by atoms with Gasteiger partial charge in [0.2, 0.25) is 0 Å². The molecule has 4 rings (SSSR count). The van der Waals surface area contributed by atoms with E-state index >= 15 is 0 Å². The van der Waals surface area contributed by atoms with E-state index in [0.29, 0.717) is 0 Å². The maximum atomic E-state index is 13.2. The van der Waals surface area contributed by atoms with Gasteiger partial charge in [-0.25, -0.2) is 14.4 Å². The van der Waals surface area contributed by atoms with Gasteiger partial charge in [0.05, 0.1) is 5.39 Å². The standard InChI is InChI=1S/C16H13FN4S/c17-11-1-2-12-10(8-19-14(12)7-11)3-5-18-15-13-4-6-22-16(13)21-9-20-15/h1-2,4,6-9,19H,3,5H2,(H,18,20,21). The van der Waals surface area contributed by atoms with Crippen molar-refractivity contribution >= 4 is 38.3 Å². The van der Waals surface area contributed by atoms with E-state index in [1.54, 1.807) is 17.7 Å². The summed E-state index contributed by atoms with van der Waals surface area (Å²) in [6, 6.07) is 6.85. The van der Waals surface area contributed by atoms with Crippen molar-refractivity contribution in [3.05, 3.63) is 53.6 Å². The minimum absolute atomic E-state index is 0.222. The van der Waals surface area contributed by atoms with Crippen LogP contribution in [0.2, 0.25) is 0 Å². The summed E-state index contributed by atoms with van der Waals surface area (Å²) in [5.74, 6) is 0.636. The Kier molecular flexibility index (Phi) is 3.23. The summed E-state index contributed by atoms with van der Waals surface area (Å²) in [5, 5.41) is 7.48. The molecule has 1 aromatic carbocycles. The summed E-state index contributed by atoms with van der Waals surface area (Å²) in [7, 11) is 0. The lowest BCUT2D eigenvalue weighted by Crippen LogP contribution is -2.06. The van der Waals surface area contributed by atoms with Crippen LogP contribution in [0.25, 0.3) is 21.1 Å². The van der Waals surface area contributed by atoms with E-state index in [4.69, 9.17) is 0 Å². The molecule has 6 heteroatoms. The molecule has 0 amide bonds. The highest BCUT2D eigenvalue weighted by atomic mass is 32.1. The molecule has 110 valence electrons. The summed E-state index contributed by atoms with van der Waals surface area (Å²) in [6.07, 6.45) is 4.35. The zero-order valence-electron chi connectivity index (χ0n) is 11.6. The summed E-state index contributed by atoms with van der Waals surface area (Å²) < 4.78 is 13.2. The Balaban J connectivity index is 1.51. The fourth-order valence-corrected chi connectivity index (χ4v) is 3.34. The molecule has 0 spiro atoms. The van der Waals surface area contributed by atoms with Gasteiger partial charge >= 0.3 is 0 Å². The second-order valence-corrected chi connectivity index (χ2v) is 5.94. The number of benzene rings is 1. The Morgan fingerprint density at radius 2 is 2.14 bits per heavy atom. The minimum atomic E-state index is -0.222. The minimum Gasteiger partial charge on any atom is -0.369 e. The number of rotatable bonds is 4. The Bertz CT molecular complexity index is 944. The van der Waals surface area contributed by atoms with E-state index in [0.717, 1.165) is 45.5 Å². The monoisotopic (exact) mass is 312 g/mol. The van der Waals surface area contributed by atoms with Crippen LogP contribution < -0.4 is 5.32 Å². The number of nitrogens with zero attached hydrogens (tertiary/aromatic N) is 2. The molecule has 0 fully saturated rings. The van der Waals surface area contributed by atoms with Crippen LogP contribution in [0.5, 0.6) is 0 Å². The molecule has 0 radical (unpaired) electrons. The van der Waals surface area contributed by atoms with Crippen molar-refractivity contribution in [1.82, 2.24) is 15.0 Å². The van der Waals surface area contributed by atoms with Crippen LogP contribution in [0.3, 0.4) is 0 Å². The van der Waals surface area contributed by atoms with E-state index in [9.17, 15) is 4.39 Å². The van der Waals surface area contributed by atoms with Crippen LogP contribution in [-0.4, -0.2) is 21.5 Å². The molecule has 0 saturated carbocycles. The van der Waals surface area contributed by atoms with E-state index in [1.807, 2.05) is 23.7 Å². The summed E-state index contributed by atoms with van der Waals surface area (Å²) in [4.78, 5) is 12.6. The SMILES string of the molecule is Fc1ccc2c(CCNc3ncnc4sccc34)c[nH]c2c1. The van der Waals surface area contributed by atoms with E-state index in [2.05, 4.69) is 20.3 Å². The van der Waals surface area contributed by atoms with E-state index in [1.165, 1.54) is 12.1 Å². The molecule has 0 aliphatic heterocycles. The molecule has 3 heterocycles. The first-order valence-electron chi connectivity index (χ1n) is 6.99. The zero-order chi connectivity index (χ0) is 14.9. The zero-order valence-corrected chi connectivity index (χ0v) is 12.5. The lowest BCUT2D eigenvalue weighted by molar-refractivity contribution is 0.629. The summed E-state index contributed by atoms with van der Waals surface area (Å²) >= 11 is 1.60. The number of anilines is 1. The van der Waals surface area contributed by atoms with Gasteiger partial charge < -0.3 is 10.3 Å². The number of thiophene rings is 1. The number of fused-ring (bicyclic) bond motifs is 2. The molecule has 3 aromatic heterocycles. The Labute approximate surface area is 130 Å².